The van der Waals surface area contributed by atoms with Crippen LogP contribution >= 0.6 is 0 Å². The van der Waals surface area contributed by atoms with Crippen LogP contribution in [0.25, 0.3) is 0 Å². The van der Waals surface area contributed by atoms with Crippen LogP contribution in [0.1, 0.15) is 60.3 Å². The van der Waals surface area contributed by atoms with Crippen molar-refractivity contribution in [2.75, 3.05) is 6.61 Å². The lowest BCUT2D eigenvalue weighted by molar-refractivity contribution is 0.0429. The Hall–Kier alpha value is -0.810. The normalized spacial score (nSPS) is 28.8. The minimum absolute atomic E-state index is 0.128. The number of hydrogen-bond acceptors (Lipinski definition) is 4. The molecular formula is C15H30N2O3. The zero-order chi connectivity index (χ0) is 15.4. The molecule has 5 heteroatoms. The van der Waals surface area contributed by atoms with Crippen molar-refractivity contribution in [2.45, 2.75) is 83.5 Å². The highest BCUT2D eigenvalue weighted by molar-refractivity contribution is 5.68. The van der Waals surface area contributed by atoms with Crippen LogP contribution in [0.15, 0.2) is 0 Å². The topological polar surface area (TPSA) is 70.6 Å². The predicted octanol–water partition coefficient (Wildman–Crippen LogP) is 2.18. The van der Waals surface area contributed by atoms with E-state index in [4.69, 9.17) is 9.84 Å². The molecule has 3 N–H and O–H groups in total. The van der Waals surface area contributed by atoms with Gasteiger partial charge in [-0.3, -0.25) is 0 Å². The van der Waals surface area contributed by atoms with Gasteiger partial charge in [-0.1, -0.05) is 0 Å². The summed E-state index contributed by atoms with van der Waals surface area (Å²) >= 11 is 0. The van der Waals surface area contributed by atoms with E-state index in [1.807, 2.05) is 27.7 Å². The van der Waals surface area contributed by atoms with E-state index in [-0.39, 0.29) is 24.3 Å². The largest absolute Gasteiger partial charge is 0.444 e. The molecule has 1 saturated carbocycles. The van der Waals surface area contributed by atoms with Crippen LogP contribution < -0.4 is 10.6 Å². The highest BCUT2D eigenvalue weighted by Crippen LogP contribution is 2.28. The van der Waals surface area contributed by atoms with Crippen LogP contribution in [0.5, 0.6) is 0 Å². The van der Waals surface area contributed by atoms with Crippen molar-refractivity contribution in [1.29, 1.82) is 0 Å². The molecule has 1 amide bonds. The van der Waals surface area contributed by atoms with Crippen molar-refractivity contribution in [3.05, 3.63) is 0 Å². The van der Waals surface area contributed by atoms with Gasteiger partial charge in [-0.25, -0.2) is 4.79 Å². The highest BCUT2D eigenvalue weighted by atomic mass is 16.6. The second-order valence-corrected chi connectivity index (χ2v) is 7.21. The van der Waals surface area contributed by atoms with E-state index in [1.165, 1.54) is 0 Å². The molecule has 0 spiro atoms. The van der Waals surface area contributed by atoms with Crippen molar-refractivity contribution >= 4 is 6.09 Å². The summed E-state index contributed by atoms with van der Waals surface area (Å²) in [5.41, 5.74) is -0.654. The maximum atomic E-state index is 11.9. The molecule has 118 valence electrons. The summed E-state index contributed by atoms with van der Waals surface area (Å²) in [6.45, 7) is 9.81. The number of amides is 1. The van der Waals surface area contributed by atoms with Crippen LogP contribution in [0.3, 0.4) is 0 Å². The molecule has 1 atom stereocenters. The highest BCUT2D eigenvalue weighted by Gasteiger charge is 2.33. The third-order valence-corrected chi connectivity index (χ3v) is 3.69. The molecule has 1 aliphatic carbocycles. The number of carbonyl (C=O) groups is 1. The molecule has 0 unspecified atom stereocenters. The zero-order valence-electron chi connectivity index (χ0n) is 13.5. The second-order valence-electron chi connectivity index (χ2n) is 7.21. The van der Waals surface area contributed by atoms with Crippen molar-refractivity contribution in [3.8, 4) is 0 Å². The van der Waals surface area contributed by atoms with Gasteiger partial charge in [-0.15, -0.1) is 0 Å². The van der Waals surface area contributed by atoms with Crippen LogP contribution in [0.4, 0.5) is 4.79 Å². The molecular weight excluding hydrogens is 256 g/mol. The molecule has 0 aromatic carbocycles. The van der Waals surface area contributed by atoms with Gasteiger partial charge < -0.3 is 20.5 Å². The monoisotopic (exact) mass is 286 g/mol. The lowest BCUT2D eigenvalue weighted by Gasteiger charge is -2.39. The molecule has 5 nitrogen and oxygen atoms in total. The first kappa shape index (κ1) is 17.2. The van der Waals surface area contributed by atoms with Crippen LogP contribution in [-0.4, -0.2) is 41.0 Å². The Bertz CT molecular complexity index is 318. The number of aliphatic hydroxyl groups excluding tert-OH is 1. The van der Waals surface area contributed by atoms with E-state index in [2.05, 4.69) is 17.6 Å². The molecule has 0 aliphatic heterocycles. The quantitative estimate of drug-likeness (QED) is 0.741. The molecule has 0 heterocycles. The van der Waals surface area contributed by atoms with E-state index < -0.39 is 5.60 Å². The average molecular weight is 286 g/mol. The van der Waals surface area contributed by atoms with Crippen molar-refractivity contribution in [1.82, 2.24) is 10.6 Å². The Balaban J connectivity index is 2.40. The summed E-state index contributed by atoms with van der Waals surface area (Å²) in [5.74, 6) is 0. The van der Waals surface area contributed by atoms with Gasteiger partial charge in [0.1, 0.15) is 5.60 Å². The van der Waals surface area contributed by atoms with Crippen molar-refractivity contribution in [3.63, 3.8) is 0 Å². The number of aliphatic hydroxyl groups is 1. The summed E-state index contributed by atoms with van der Waals surface area (Å²) < 4.78 is 5.32. The molecule has 0 aromatic rings. The van der Waals surface area contributed by atoms with Gasteiger partial charge in [-0.2, -0.15) is 0 Å². The lowest BCUT2D eigenvalue weighted by atomic mass is 9.80. The Morgan fingerprint density at radius 3 is 2.40 bits per heavy atom. The molecule has 0 radical (unpaired) electrons. The van der Waals surface area contributed by atoms with E-state index in [0.717, 1.165) is 25.7 Å². The number of alkyl carbamates (subject to hydrolysis) is 1. The minimum atomic E-state index is -0.463. The van der Waals surface area contributed by atoms with Gasteiger partial charge in [0.25, 0.3) is 0 Å². The Kier molecular flexibility index (Phi) is 5.83. The fourth-order valence-electron chi connectivity index (χ4n) is 2.55. The van der Waals surface area contributed by atoms with Gasteiger partial charge in [0, 0.05) is 17.6 Å². The van der Waals surface area contributed by atoms with Crippen molar-refractivity contribution in [2.24, 2.45) is 0 Å². The van der Waals surface area contributed by atoms with E-state index in [9.17, 15) is 4.79 Å². The first-order chi connectivity index (χ1) is 9.13. The van der Waals surface area contributed by atoms with Gasteiger partial charge in [0.2, 0.25) is 0 Å². The van der Waals surface area contributed by atoms with Gasteiger partial charge in [-0.05, 0) is 60.3 Å². The fourth-order valence-corrected chi connectivity index (χ4v) is 2.55. The summed E-state index contributed by atoms with van der Waals surface area (Å²) in [7, 11) is 0. The lowest BCUT2D eigenvalue weighted by Crippen LogP contribution is -2.52. The van der Waals surface area contributed by atoms with Crippen LogP contribution in [0.2, 0.25) is 0 Å². The van der Waals surface area contributed by atoms with Crippen LogP contribution in [-0.2, 0) is 4.74 Å². The zero-order valence-corrected chi connectivity index (χ0v) is 13.5. The molecule has 1 aliphatic rings. The van der Waals surface area contributed by atoms with E-state index in [0.29, 0.717) is 6.04 Å². The maximum Gasteiger partial charge on any atom is 0.408 e. The van der Waals surface area contributed by atoms with Gasteiger partial charge >= 0.3 is 6.09 Å². The number of carbonyl (C=O) groups excluding carboxylic acids is 1. The van der Waals surface area contributed by atoms with E-state index >= 15 is 0 Å². The fraction of sp³-hybridized carbons (Fsp3) is 0.933. The second kappa shape index (κ2) is 6.76. The Labute approximate surface area is 122 Å². The molecule has 0 aromatic heterocycles. The molecule has 1 fully saturated rings. The molecule has 20 heavy (non-hydrogen) atoms. The number of ether oxygens (including phenoxy) is 1. The number of hydrogen-bond donors (Lipinski definition) is 3. The first-order valence-electron chi connectivity index (χ1n) is 7.52. The third-order valence-electron chi connectivity index (χ3n) is 3.69. The smallest absolute Gasteiger partial charge is 0.408 e. The van der Waals surface area contributed by atoms with E-state index in [1.54, 1.807) is 0 Å². The summed E-state index contributed by atoms with van der Waals surface area (Å²) in [6, 6.07) is 0.550. The predicted molar refractivity (Wildman–Crippen MR) is 79.7 cm³/mol. The molecule has 0 saturated heterocycles. The Morgan fingerprint density at radius 2 is 1.95 bits per heavy atom. The SMILES string of the molecule is C[C@H](CO)NC1CCC(C)(NC(=O)OC(C)(C)C)CC1. The maximum absolute atomic E-state index is 11.9. The minimum Gasteiger partial charge on any atom is -0.444 e. The van der Waals surface area contributed by atoms with Gasteiger partial charge in [0.15, 0.2) is 0 Å². The average Bonchev–Trinajstić information content (AvgIpc) is 2.29. The summed E-state index contributed by atoms with van der Waals surface area (Å²) in [4.78, 5) is 11.9. The standard InChI is InChI=1S/C15H30N2O3/c1-11(10-18)16-12-6-8-15(5,9-7-12)17-13(19)20-14(2,3)4/h11-12,16,18H,6-10H2,1-5H3,(H,17,19)/t11-,12?,15?/m1/s1. The molecule has 0 bridgehead atoms. The molecule has 1 rings (SSSR count). The number of nitrogens with one attached hydrogen (secondary N) is 2. The van der Waals surface area contributed by atoms with Crippen LogP contribution in [0, 0.1) is 0 Å². The Morgan fingerprint density at radius 1 is 1.40 bits per heavy atom. The van der Waals surface area contributed by atoms with Gasteiger partial charge in [0.05, 0.1) is 6.61 Å². The summed E-state index contributed by atoms with van der Waals surface area (Å²) in [5, 5.41) is 15.5. The first-order valence-corrected chi connectivity index (χ1v) is 7.52. The third kappa shape index (κ3) is 6.09. The van der Waals surface area contributed by atoms with Crippen molar-refractivity contribution < 1.29 is 14.6 Å². The number of rotatable bonds is 4. The summed E-state index contributed by atoms with van der Waals surface area (Å²) in [6.07, 6.45) is 3.49.